The van der Waals surface area contributed by atoms with Crippen molar-refractivity contribution in [2.24, 2.45) is 5.73 Å². The minimum Gasteiger partial charge on any atom is -0.388 e. The van der Waals surface area contributed by atoms with Crippen molar-refractivity contribution in [2.75, 3.05) is 13.6 Å². The zero-order valence-corrected chi connectivity index (χ0v) is 10.6. The fourth-order valence-corrected chi connectivity index (χ4v) is 1.83. The second-order valence-electron chi connectivity index (χ2n) is 4.03. The Kier molecular flexibility index (Phi) is 3.24. The van der Waals surface area contributed by atoms with Crippen molar-refractivity contribution in [2.45, 2.75) is 6.54 Å². The van der Waals surface area contributed by atoms with Crippen molar-refractivity contribution in [3.05, 3.63) is 29.6 Å². The molecule has 2 N–H and O–H groups in total. The molecule has 0 unspecified atom stereocenters. The summed E-state index contributed by atoms with van der Waals surface area (Å²) >= 11 is 4.83. The van der Waals surface area contributed by atoms with Crippen molar-refractivity contribution in [1.82, 2.24) is 14.8 Å². The van der Waals surface area contributed by atoms with E-state index in [1.54, 1.807) is 25.4 Å². The summed E-state index contributed by atoms with van der Waals surface area (Å²) in [5, 5.41) is 0. The summed E-state index contributed by atoms with van der Waals surface area (Å²) in [4.78, 5) is 30.1. The maximum atomic E-state index is 11.7. The van der Waals surface area contributed by atoms with Gasteiger partial charge >= 0.3 is 6.03 Å². The number of carbonyl (C=O) groups excluding carboxylic acids is 2. The number of amides is 3. The highest BCUT2D eigenvalue weighted by Gasteiger charge is 2.33. The highest BCUT2D eigenvalue weighted by Crippen LogP contribution is 2.13. The molecule has 0 aromatic carbocycles. The first-order valence-corrected chi connectivity index (χ1v) is 5.70. The van der Waals surface area contributed by atoms with Gasteiger partial charge in [-0.05, 0) is 17.7 Å². The number of hydrogen-bond donors (Lipinski definition) is 1. The van der Waals surface area contributed by atoms with E-state index in [9.17, 15) is 9.59 Å². The number of carbonyl (C=O) groups is 2. The Bertz CT molecular complexity index is 532. The van der Waals surface area contributed by atoms with Gasteiger partial charge in [0.2, 0.25) is 0 Å². The summed E-state index contributed by atoms with van der Waals surface area (Å²) < 4.78 is 0. The first kappa shape index (κ1) is 12.4. The largest absolute Gasteiger partial charge is 0.388 e. The molecule has 0 aliphatic carbocycles. The first-order chi connectivity index (χ1) is 8.49. The van der Waals surface area contributed by atoms with E-state index in [1.165, 1.54) is 9.80 Å². The number of imide groups is 1. The monoisotopic (exact) mass is 264 g/mol. The molecule has 0 radical (unpaired) electrons. The molecule has 1 aromatic rings. The van der Waals surface area contributed by atoms with Crippen LogP contribution in [0.5, 0.6) is 0 Å². The fraction of sp³-hybridized carbons (Fsp3) is 0.273. The van der Waals surface area contributed by atoms with Crippen LogP contribution in [0.15, 0.2) is 18.3 Å². The van der Waals surface area contributed by atoms with E-state index in [2.05, 4.69) is 4.98 Å². The second kappa shape index (κ2) is 4.69. The van der Waals surface area contributed by atoms with Crippen LogP contribution in [0.25, 0.3) is 0 Å². The quantitative estimate of drug-likeness (QED) is 0.619. The Labute approximate surface area is 109 Å². The van der Waals surface area contributed by atoms with Crippen molar-refractivity contribution >= 4 is 29.1 Å². The summed E-state index contributed by atoms with van der Waals surface area (Å²) in [5.41, 5.74) is 6.73. The second-order valence-corrected chi connectivity index (χ2v) is 4.47. The molecule has 18 heavy (non-hydrogen) atoms. The zero-order chi connectivity index (χ0) is 13.3. The van der Waals surface area contributed by atoms with Gasteiger partial charge in [0.05, 0.1) is 12.2 Å². The number of pyridine rings is 1. The summed E-state index contributed by atoms with van der Waals surface area (Å²) in [5.74, 6) is -0.212. The number of nitrogens with two attached hydrogens (primary N) is 1. The number of urea groups is 1. The van der Waals surface area contributed by atoms with Crippen molar-refractivity contribution in [1.29, 1.82) is 0 Å². The molecule has 2 heterocycles. The molecule has 1 aliphatic rings. The topological polar surface area (TPSA) is 79.5 Å². The van der Waals surface area contributed by atoms with Gasteiger partial charge in [0, 0.05) is 13.2 Å². The summed E-state index contributed by atoms with van der Waals surface area (Å²) in [6.07, 6.45) is 1.55. The van der Waals surface area contributed by atoms with E-state index in [0.29, 0.717) is 5.69 Å². The lowest BCUT2D eigenvalue weighted by Crippen LogP contribution is -2.31. The molecular formula is C11H12N4O2S. The molecule has 0 saturated carbocycles. The van der Waals surface area contributed by atoms with Crippen LogP contribution in [0.1, 0.15) is 11.3 Å². The lowest BCUT2D eigenvalue weighted by Gasteiger charge is -2.14. The Balaban J connectivity index is 2.19. The van der Waals surface area contributed by atoms with E-state index in [1.807, 2.05) is 0 Å². The third-order valence-corrected chi connectivity index (χ3v) is 2.86. The van der Waals surface area contributed by atoms with Gasteiger partial charge in [0.15, 0.2) is 0 Å². The molecule has 3 amide bonds. The van der Waals surface area contributed by atoms with E-state index < -0.39 is 0 Å². The van der Waals surface area contributed by atoms with Gasteiger partial charge in [-0.25, -0.2) is 4.79 Å². The minimum atomic E-state index is -0.298. The van der Waals surface area contributed by atoms with Gasteiger partial charge in [0.25, 0.3) is 5.91 Å². The van der Waals surface area contributed by atoms with Crippen LogP contribution in [-0.2, 0) is 11.3 Å². The SMILES string of the molecule is CN1CC(=O)N(Cc2ccnc(C(N)=S)c2)C1=O. The molecule has 0 atom stereocenters. The summed E-state index contributed by atoms with van der Waals surface area (Å²) in [7, 11) is 1.59. The Hall–Kier alpha value is -2.02. The molecule has 6 nitrogen and oxygen atoms in total. The predicted molar refractivity (Wildman–Crippen MR) is 68.7 cm³/mol. The van der Waals surface area contributed by atoms with Crippen LogP contribution in [0.4, 0.5) is 4.79 Å². The van der Waals surface area contributed by atoms with Gasteiger partial charge in [-0.1, -0.05) is 12.2 Å². The minimum absolute atomic E-state index is 0.117. The molecule has 0 spiro atoms. The van der Waals surface area contributed by atoms with E-state index in [0.717, 1.165) is 5.56 Å². The predicted octanol–water partition coefficient (Wildman–Crippen LogP) is 0.110. The summed E-state index contributed by atoms with van der Waals surface area (Å²) in [6.45, 7) is 0.326. The summed E-state index contributed by atoms with van der Waals surface area (Å²) in [6, 6.07) is 3.11. The zero-order valence-electron chi connectivity index (χ0n) is 9.79. The Morgan fingerprint density at radius 1 is 1.56 bits per heavy atom. The van der Waals surface area contributed by atoms with Gasteiger partial charge in [-0.15, -0.1) is 0 Å². The third kappa shape index (κ3) is 2.30. The number of nitrogens with zero attached hydrogens (tertiary/aromatic N) is 3. The Morgan fingerprint density at radius 2 is 2.28 bits per heavy atom. The molecule has 94 valence electrons. The maximum Gasteiger partial charge on any atom is 0.327 e. The molecule has 1 fully saturated rings. The van der Waals surface area contributed by atoms with Crippen LogP contribution < -0.4 is 5.73 Å². The standard InChI is InChI=1S/C11H12N4O2S/c1-14-6-9(16)15(11(14)17)5-7-2-3-13-8(4-7)10(12)18/h2-4H,5-6H2,1H3,(H2,12,18). The number of hydrogen-bond acceptors (Lipinski definition) is 4. The van der Waals surface area contributed by atoms with Crippen LogP contribution in [0.2, 0.25) is 0 Å². The Morgan fingerprint density at radius 3 is 2.83 bits per heavy atom. The lowest BCUT2D eigenvalue weighted by atomic mass is 10.2. The average molecular weight is 264 g/mol. The normalized spacial score (nSPS) is 15.4. The fourth-order valence-electron chi connectivity index (χ4n) is 1.71. The van der Waals surface area contributed by atoms with Gasteiger partial charge < -0.3 is 10.6 Å². The van der Waals surface area contributed by atoms with Gasteiger partial charge in [-0.3, -0.25) is 14.7 Å². The van der Waals surface area contributed by atoms with Crippen LogP contribution in [-0.4, -0.2) is 45.3 Å². The molecule has 1 saturated heterocycles. The lowest BCUT2D eigenvalue weighted by molar-refractivity contribution is -0.125. The van der Waals surface area contributed by atoms with Gasteiger partial charge in [-0.2, -0.15) is 0 Å². The van der Waals surface area contributed by atoms with Crippen LogP contribution >= 0.6 is 12.2 Å². The first-order valence-electron chi connectivity index (χ1n) is 5.29. The molecule has 0 bridgehead atoms. The van der Waals surface area contributed by atoms with Crippen molar-refractivity contribution in [3.63, 3.8) is 0 Å². The highest BCUT2D eigenvalue weighted by molar-refractivity contribution is 7.80. The third-order valence-electron chi connectivity index (χ3n) is 2.65. The molecular weight excluding hydrogens is 252 g/mol. The van der Waals surface area contributed by atoms with Crippen molar-refractivity contribution < 1.29 is 9.59 Å². The van der Waals surface area contributed by atoms with Crippen LogP contribution in [0.3, 0.4) is 0 Å². The molecule has 7 heteroatoms. The van der Waals surface area contributed by atoms with E-state index >= 15 is 0 Å². The molecule has 2 rings (SSSR count). The molecule has 1 aromatic heterocycles. The number of likely N-dealkylation sites (N-methyl/N-ethyl adjacent to an activating group) is 1. The highest BCUT2D eigenvalue weighted by atomic mass is 32.1. The van der Waals surface area contributed by atoms with Crippen LogP contribution in [0, 0.1) is 0 Å². The number of rotatable bonds is 3. The van der Waals surface area contributed by atoms with E-state index in [-0.39, 0.29) is 30.0 Å². The number of aromatic nitrogens is 1. The van der Waals surface area contributed by atoms with Gasteiger partial charge in [0.1, 0.15) is 11.5 Å². The number of thiocarbonyl (C=S) groups is 1. The van der Waals surface area contributed by atoms with Crippen molar-refractivity contribution in [3.8, 4) is 0 Å². The van der Waals surface area contributed by atoms with E-state index in [4.69, 9.17) is 18.0 Å². The molecule has 1 aliphatic heterocycles. The average Bonchev–Trinajstić information content (AvgIpc) is 2.56. The maximum absolute atomic E-state index is 11.7. The smallest absolute Gasteiger partial charge is 0.327 e.